The molecule has 0 amide bonds. The number of carbonyl (C=O) groups is 1. The monoisotopic (exact) mass is 414 g/mol. The third-order valence-corrected chi connectivity index (χ3v) is 6.13. The number of anilines is 1. The molecule has 0 fully saturated rings. The summed E-state index contributed by atoms with van der Waals surface area (Å²) < 4.78 is 1.70. The molecule has 0 radical (unpaired) electrons. The number of rotatable bonds is 5. The number of aromatic nitrogens is 2. The Morgan fingerprint density at radius 1 is 1.03 bits per heavy atom. The fourth-order valence-corrected chi connectivity index (χ4v) is 4.48. The number of hydrogen-bond acceptors (Lipinski definition) is 5. The van der Waals surface area contributed by atoms with Crippen molar-refractivity contribution in [2.75, 3.05) is 5.32 Å². The minimum Gasteiger partial charge on any atom is -0.508 e. The Balaban J connectivity index is 1.56. The Morgan fingerprint density at radius 2 is 1.83 bits per heavy atom. The van der Waals surface area contributed by atoms with Crippen LogP contribution >= 0.6 is 11.3 Å². The lowest BCUT2D eigenvalue weighted by atomic mass is 10.1. The number of nitrogens with zero attached hydrogens (tertiary/aromatic N) is 2. The van der Waals surface area contributed by atoms with Gasteiger partial charge in [0.25, 0.3) is 0 Å². The van der Waals surface area contributed by atoms with Gasteiger partial charge in [0.05, 0.1) is 0 Å². The summed E-state index contributed by atoms with van der Waals surface area (Å²) in [5.74, 6) is 0.980. The van der Waals surface area contributed by atoms with Gasteiger partial charge in [-0.25, -0.2) is 9.78 Å². The van der Waals surface area contributed by atoms with Crippen molar-refractivity contribution in [3.63, 3.8) is 0 Å². The molecule has 0 aliphatic carbocycles. The highest BCUT2D eigenvalue weighted by atomic mass is 32.1. The second-order valence-electron chi connectivity index (χ2n) is 7.32. The van der Waals surface area contributed by atoms with Crippen molar-refractivity contribution in [3.05, 3.63) is 94.4 Å². The maximum absolute atomic E-state index is 13.2. The van der Waals surface area contributed by atoms with Gasteiger partial charge in [-0.3, -0.25) is 5.32 Å². The van der Waals surface area contributed by atoms with Crippen molar-refractivity contribution < 1.29 is 14.5 Å². The van der Waals surface area contributed by atoms with Crippen LogP contribution in [0.25, 0.3) is 11.3 Å². The van der Waals surface area contributed by atoms with E-state index < -0.39 is 0 Å². The smallest absolute Gasteiger partial charge is 0.359 e. The highest BCUT2D eigenvalue weighted by Gasteiger charge is 2.41. The molecular formula is C24H20N3O2S+. The van der Waals surface area contributed by atoms with Crippen molar-refractivity contribution in [2.24, 2.45) is 0 Å². The van der Waals surface area contributed by atoms with Gasteiger partial charge in [0, 0.05) is 23.3 Å². The fourth-order valence-electron chi connectivity index (χ4n) is 3.73. The maximum Gasteiger partial charge on any atom is 0.359 e. The van der Waals surface area contributed by atoms with Gasteiger partial charge in [0.15, 0.2) is 6.04 Å². The van der Waals surface area contributed by atoms with Crippen molar-refractivity contribution in [2.45, 2.75) is 18.9 Å². The molecular weight excluding hydrogens is 394 g/mol. The van der Waals surface area contributed by atoms with Crippen LogP contribution < -0.4 is 9.88 Å². The van der Waals surface area contributed by atoms with Gasteiger partial charge >= 0.3 is 11.7 Å². The number of carbonyl (C=O) groups excluding carboxylic acids is 1. The Morgan fingerprint density at radius 3 is 2.57 bits per heavy atom. The Labute approximate surface area is 178 Å². The SMILES string of the molecule is O=C1C(Cc2cccs2)Nc2c(Cc3ccccc3)nc(-c3ccc(O)cc3)c[n+]21. The lowest BCUT2D eigenvalue weighted by molar-refractivity contribution is -0.552. The first-order valence-corrected chi connectivity index (χ1v) is 10.7. The summed E-state index contributed by atoms with van der Waals surface area (Å²) in [5, 5.41) is 15.1. The van der Waals surface area contributed by atoms with Crippen LogP contribution in [0.3, 0.4) is 0 Å². The van der Waals surface area contributed by atoms with Gasteiger partial charge < -0.3 is 5.11 Å². The van der Waals surface area contributed by atoms with Gasteiger partial charge in [-0.1, -0.05) is 36.4 Å². The zero-order chi connectivity index (χ0) is 20.5. The minimum absolute atomic E-state index is 0.0233. The molecule has 6 heteroatoms. The fraction of sp³-hybridized carbons (Fsp3) is 0.125. The molecule has 1 aliphatic rings. The number of benzene rings is 2. The van der Waals surface area contributed by atoms with E-state index in [9.17, 15) is 9.90 Å². The second kappa shape index (κ2) is 7.72. The molecule has 1 unspecified atom stereocenters. The van der Waals surface area contributed by atoms with Crippen LogP contribution in [-0.2, 0) is 12.8 Å². The Kier molecular flexibility index (Phi) is 4.77. The lowest BCUT2D eigenvalue weighted by Crippen LogP contribution is -2.44. The third-order valence-electron chi connectivity index (χ3n) is 5.23. The second-order valence-corrected chi connectivity index (χ2v) is 8.35. The molecule has 148 valence electrons. The number of nitrogens with one attached hydrogen (secondary N) is 1. The summed E-state index contributed by atoms with van der Waals surface area (Å²) >= 11 is 1.66. The van der Waals surface area contributed by atoms with Gasteiger partial charge in [0.2, 0.25) is 0 Å². The van der Waals surface area contributed by atoms with Crippen LogP contribution in [-0.4, -0.2) is 22.0 Å². The number of aromatic hydroxyl groups is 1. The molecule has 0 saturated heterocycles. The van der Waals surface area contributed by atoms with E-state index in [1.807, 2.05) is 41.8 Å². The number of fused-ring (bicyclic) bond motifs is 1. The van der Waals surface area contributed by atoms with Crippen molar-refractivity contribution in [1.82, 2.24) is 4.98 Å². The molecule has 0 bridgehead atoms. The van der Waals surface area contributed by atoms with E-state index in [1.165, 1.54) is 4.88 Å². The first-order chi connectivity index (χ1) is 14.7. The van der Waals surface area contributed by atoms with E-state index in [1.54, 1.807) is 34.2 Å². The lowest BCUT2D eigenvalue weighted by Gasteiger charge is -2.07. The Bertz CT molecular complexity index is 1190. The number of phenolic OH excluding ortho intramolecular Hbond substituents is 1. The minimum atomic E-state index is -0.310. The highest BCUT2D eigenvalue weighted by molar-refractivity contribution is 7.09. The van der Waals surface area contributed by atoms with Crippen molar-refractivity contribution in [3.8, 4) is 17.0 Å². The summed E-state index contributed by atoms with van der Waals surface area (Å²) in [4.78, 5) is 19.3. The molecule has 5 rings (SSSR count). The van der Waals surface area contributed by atoms with E-state index in [-0.39, 0.29) is 17.7 Å². The predicted molar refractivity (Wildman–Crippen MR) is 117 cm³/mol. The molecule has 0 spiro atoms. The first kappa shape index (κ1) is 18.5. The highest BCUT2D eigenvalue weighted by Crippen LogP contribution is 2.26. The molecule has 30 heavy (non-hydrogen) atoms. The van der Waals surface area contributed by atoms with E-state index in [2.05, 4.69) is 23.5 Å². The summed E-state index contributed by atoms with van der Waals surface area (Å²) in [6.45, 7) is 0. The summed E-state index contributed by atoms with van der Waals surface area (Å²) in [5.41, 5.74) is 3.52. The van der Waals surface area contributed by atoms with Crippen LogP contribution in [0, 0.1) is 0 Å². The van der Waals surface area contributed by atoms with Gasteiger partial charge in [0.1, 0.15) is 23.3 Å². The molecule has 4 aromatic rings. The molecule has 5 nitrogen and oxygen atoms in total. The molecule has 2 aromatic carbocycles. The molecule has 2 aromatic heterocycles. The van der Waals surface area contributed by atoms with E-state index in [0.29, 0.717) is 18.5 Å². The molecule has 0 saturated carbocycles. The van der Waals surface area contributed by atoms with Crippen LogP contribution in [0.1, 0.15) is 20.9 Å². The number of phenols is 1. The first-order valence-electron chi connectivity index (χ1n) is 9.79. The number of thiophene rings is 1. The average Bonchev–Trinajstić information content (AvgIpc) is 3.38. The quantitative estimate of drug-likeness (QED) is 0.483. The summed E-state index contributed by atoms with van der Waals surface area (Å²) in [6.07, 6.45) is 3.06. The molecule has 1 atom stereocenters. The van der Waals surface area contributed by atoms with Crippen LogP contribution in [0.15, 0.2) is 78.3 Å². The average molecular weight is 415 g/mol. The van der Waals surface area contributed by atoms with Crippen LogP contribution in [0.4, 0.5) is 5.82 Å². The van der Waals surface area contributed by atoms with Crippen molar-refractivity contribution in [1.29, 1.82) is 0 Å². The summed E-state index contributed by atoms with van der Waals surface area (Å²) in [7, 11) is 0. The third kappa shape index (κ3) is 3.57. The molecule has 1 aliphatic heterocycles. The molecule has 3 heterocycles. The zero-order valence-electron chi connectivity index (χ0n) is 16.2. The van der Waals surface area contributed by atoms with E-state index >= 15 is 0 Å². The predicted octanol–water partition coefficient (Wildman–Crippen LogP) is 4.07. The number of hydrogen-bond donors (Lipinski definition) is 2. The topological polar surface area (TPSA) is 66.1 Å². The molecule has 2 N–H and O–H groups in total. The van der Waals surface area contributed by atoms with Crippen LogP contribution in [0.5, 0.6) is 5.75 Å². The largest absolute Gasteiger partial charge is 0.508 e. The van der Waals surface area contributed by atoms with E-state index in [0.717, 1.165) is 22.6 Å². The maximum atomic E-state index is 13.2. The van der Waals surface area contributed by atoms with Gasteiger partial charge in [-0.05, 0) is 41.3 Å². The van der Waals surface area contributed by atoms with Crippen LogP contribution in [0.2, 0.25) is 0 Å². The van der Waals surface area contributed by atoms with Crippen molar-refractivity contribution >= 4 is 23.1 Å². The van der Waals surface area contributed by atoms with Gasteiger partial charge in [-0.2, -0.15) is 4.57 Å². The normalized spacial score (nSPS) is 15.1. The van der Waals surface area contributed by atoms with Gasteiger partial charge in [-0.15, -0.1) is 11.3 Å². The Hall–Kier alpha value is -3.51. The standard InChI is InChI=1S/C24H19N3O2S/c28-18-10-8-17(9-11-18)22-15-27-23(20(25-22)13-16-5-2-1-3-6-16)26-21(24(27)29)14-19-7-4-12-30-19/h1-12,15,21,28H,13-14H2/p+1. The zero-order valence-corrected chi connectivity index (χ0v) is 17.0. The summed E-state index contributed by atoms with van der Waals surface area (Å²) in [6, 6.07) is 20.8. The van der Waals surface area contributed by atoms with E-state index in [4.69, 9.17) is 4.98 Å².